The highest BCUT2D eigenvalue weighted by molar-refractivity contribution is 7.89. The zero-order chi connectivity index (χ0) is 20.9. The molecule has 0 unspecified atom stereocenters. The van der Waals surface area contributed by atoms with E-state index < -0.39 is 15.9 Å². The van der Waals surface area contributed by atoms with E-state index in [2.05, 4.69) is 5.32 Å². The van der Waals surface area contributed by atoms with Crippen molar-refractivity contribution in [2.75, 3.05) is 13.1 Å². The van der Waals surface area contributed by atoms with Crippen LogP contribution in [0.25, 0.3) is 0 Å². The maximum Gasteiger partial charge on any atom is 0.287 e. The zero-order valence-electron chi connectivity index (χ0n) is 16.9. The number of piperidine rings is 1. The van der Waals surface area contributed by atoms with Crippen LogP contribution in [0.1, 0.15) is 54.8 Å². The predicted octanol–water partition coefficient (Wildman–Crippen LogP) is 3.31. The van der Waals surface area contributed by atoms with Gasteiger partial charge in [0.2, 0.25) is 5.09 Å². The standard InChI is InChI=1S/C21H28N2O5S/c1-16(2)27-15-18-8-6-17(7-9-18)14-22-21(24)19-10-11-20(28-19)29(25,26)23-12-4-3-5-13-23/h6-11,16H,3-5,12-15H2,1-2H3,(H,22,24). The number of sulfonamides is 1. The summed E-state index contributed by atoms with van der Waals surface area (Å²) in [6, 6.07) is 10.5. The molecule has 1 N–H and O–H groups in total. The molecular weight excluding hydrogens is 392 g/mol. The first-order valence-electron chi connectivity index (χ1n) is 9.94. The van der Waals surface area contributed by atoms with E-state index >= 15 is 0 Å². The van der Waals surface area contributed by atoms with Crippen LogP contribution in [0.5, 0.6) is 0 Å². The molecule has 0 saturated carbocycles. The fourth-order valence-electron chi connectivity index (χ4n) is 3.10. The first kappa shape index (κ1) is 21.5. The van der Waals surface area contributed by atoms with E-state index in [9.17, 15) is 13.2 Å². The maximum absolute atomic E-state index is 12.6. The van der Waals surface area contributed by atoms with Gasteiger partial charge in [0.05, 0.1) is 12.7 Å². The second kappa shape index (κ2) is 9.56. The van der Waals surface area contributed by atoms with E-state index in [-0.39, 0.29) is 17.0 Å². The summed E-state index contributed by atoms with van der Waals surface area (Å²) in [6.07, 6.45) is 2.89. The summed E-state index contributed by atoms with van der Waals surface area (Å²) in [5, 5.41) is 2.58. The molecule has 1 aliphatic heterocycles. The predicted molar refractivity (Wildman–Crippen MR) is 109 cm³/mol. The number of carbonyl (C=O) groups is 1. The van der Waals surface area contributed by atoms with Crippen molar-refractivity contribution in [3.63, 3.8) is 0 Å². The van der Waals surface area contributed by atoms with E-state index in [1.807, 2.05) is 38.1 Å². The van der Waals surface area contributed by atoms with Crippen molar-refractivity contribution in [2.45, 2.75) is 57.5 Å². The molecule has 1 aromatic carbocycles. The lowest BCUT2D eigenvalue weighted by molar-refractivity contribution is 0.0657. The fraction of sp³-hybridized carbons (Fsp3) is 0.476. The molecule has 29 heavy (non-hydrogen) atoms. The molecule has 1 fully saturated rings. The number of carbonyl (C=O) groups excluding carboxylic acids is 1. The van der Waals surface area contributed by atoms with Crippen LogP contribution in [0.15, 0.2) is 45.9 Å². The van der Waals surface area contributed by atoms with E-state index in [1.54, 1.807) is 0 Å². The van der Waals surface area contributed by atoms with Crippen molar-refractivity contribution < 1.29 is 22.4 Å². The molecule has 8 heteroatoms. The number of benzene rings is 1. The Balaban J connectivity index is 1.56. The van der Waals surface area contributed by atoms with Crippen LogP contribution >= 0.6 is 0 Å². The number of hydrogen-bond acceptors (Lipinski definition) is 5. The smallest absolute Gasteiger partial charge is 0.287 e. The lowest BCUT2D eigenvalue weighted by Crippen LogP contribution is -2.35. The molecule has 2 heterocycles. The van der Waals surface area contributed by atoms with Gasteiger partial charge in [0.15, 0.2) is 5.76 Å². The van der Waals surface area contributed by atoms with Crippen LogP contribution in [-0.4, -0.2) is 37.8 Å². The van der Waals surface area contributed by atoms with Gasteiger partial charge in [-0.1, -0.05) is 30.7 Å². The first-order chi connectivity index (χ1) is 13.9. The van der Waals surface area contributed by atoms with Crippen LogP contribution in [0.4, 0.5) is 0 Å². The number of nitrogens with zero attached hydrogens (tertiary/aromatic N) is 1. The molecule has 1 aromatic heterocycles. The molecule has 158 valence electrons. The van der Waals surface area contributed by atoms with Crippen LogP contribution in [0.3, 0.4) is 0 Å². The van der Waals surface area contributed by atoms with Gasteiger partial charge < -0.3 is 14.5 Å². The van der Waals surface area contributed by atoms with E-state index in [0.29, 0.717) is 26.2 Å². The highest BCUT2D eigenvalue weighted by atomic mass is 32.2. The third-order valence-electron chi connectivity index (χ3n) is 4.77. The van der Waals surface area contributed by atoms with Gasteiger partial charge in [-0.25, -0.2) is 8.42 Å². The van der Waals surface area contributed by atoms with Gasteiger partial charge in [-0.3, -0.25) is 4.79 Å². The molecule has 0 spiro atoms. The fourth-order valence-corrected chi connectivity index (χ4v) is 4.53. The van der Waals surface area contributed by atoms with Gasteiger partial charge in [0.1, 0.15) is 0 Å². The topological polar surface area (TPSA) is 88.8 Å². The minimum absolute atomic E-state index is 0.0115. The second-order valence-electron chi connectivity index (χ2n) is 7.44. The van der Waals surface area contributed by atoms with Crippen LogP contribution < -0.4 is 5.32 Å². The largest absolute Gasteiger partial charge is 0.438 e. The second-order valence-corrected chi connectivity index (χ2v) is 9.31. The summed E-state index contributed by atoms with van der Waals surface area (Å²) in [5.41, 5.74) is 1.99. The number of hydrogen-bond donors (Lipinski definition) is 1. The number of furan rings is 1. The van der Waals surface area contributed by atoms with Gasteiger partial charge in [-0.05, 0) is 49.9 Å². The van der Waals surface area contributed by atoms with Crippen LogP contribution in [0, 0.1) is 0 Å². The Kier molecular flexibility index (Phi) is 7.10. The van der Waals surface area contributed by atoms with Crippen molar-refractivity contribution >= 4 is 15.9 Å². The first-order valence-corrected chi connectivity index (χ1v) is 11.4. The summed E-state index contributed by atoms with van der Waals surface area (Å²) in [5.74, 6) is -0.458. The van der Waals surface area contributed by atoms with Gasteiger partial charge in [0.25, 0.3) is 15.9 Å². The molecule has 0 atom stereocenters. The summed E-state index contributed by atoms with van der Waals surface area (Å²) in [7, 11) is -3.68. The maximum atomic E-state index is 12.6. The van der Waals surface area contributed by atoms with E-state index in [4.69, 9.17) is 9.15 Å². The van der Waals surface area contributed by atoms with Crippen molar-refractivity contribution in [3.05, 3.63) is 53.3 Å². The number of rotatable bonds is 8. The summed E-state index contributed by atoms with van der Waals surface area (Å²) in [4.78, 5) is 12.3. The van der Waals surface area contributed by atoms with Crippen molar-refractivity contribution in [2.24, 2.45) is 0 Å². The Labute approximate surface area is 172 Å². The average molecular weight is 421 g/mol. The molecule has 7 nitrogen and oxygen atoms in total. The molecule has 0 aliphatic carbocycles. The Hall–Kier alpha value is -2.16. The summed E-state index contributed by atoms with van der Waals surface area (Å²) >= 11 is 0. The third kappa shape index (κ3) is 5.68. The van der Waals surface area contributed by atoms with Crippen molar-refractivity contribution in [3.8, 4) is 0 Å². The third-order valence-corrected chi connectivity index (χ3v) is 6.55. The minimum atomic E-state index is -3.68. The Morgan fingerprint density at radius 1 is 1.07 bits per heavy atom. The molecule has 0 radical (unpaired) electrons. The van der Waals surface area contributed by atoms with Gasteiger partial charge in [-0.15, -0.1) is 0 Å². The molecule has 0 bridgehead atoms. The Bertz CT molecular complexity index is 913. The average Bonchev–Trinajstić information content (AvgIpc) is 3.23. The highest BCUT2D eigenvalue weighted by Gasteiger charge is 2.29. The number of amides is 1. The molecule has 1 amide bonds. The molecule has 2 aromatic rings. The Morgan fingerprint density at radius 3 is 2.38 bits per heavy atom. The summed E-state index contributed by atoms with van der Waals surface area (Å²) < 4.78 is 37.6. The monoisotopic (exact) mass is 420 g/mol. The number of nitrogens with one attached hydrogen (secondary N) is 1. The van der Waals surface area contributed by atoms with E-state index in [0.717, 1.165) is 30.4 Å². The molecular formula is C21H28N2O5S. The SMILES string of the molecule is CC(C)OCc1ccc(CNC(=O)c2ccc(S(=O)(=O)N3CCCCC3)o2)cc1. The number of ether oxygens (including phenoxy) is 1. The zero-order valence-corrected chi connectivity index (χ0v) is 17.7. The molecule has 3 rings (SSSR count). The lowest BCUT2D eigenvalue weighted by atomic mass is 10.1. The Morgan fingerprint density at radius 2 is 1.72 bits per heavy atom. The molecule has 1 aliphatic rings. The van der Waals surface area contributed by atoms with Crippen LogP contribution in [0.2, 0.25) is 0 Å². The molecule has 1 saturated heterocycles. The quantitative estimate of drug-likeness (QED) is 0.708. The lowest BCUT2D eigenvalue weighted by Gasteiger charge is -2.24. The summed E-state index contributed by atoms with van der Waals surface area (Å²) in [6.45, 7) is 5.82. The van der Waals surface area contributed by atoms with E-state index in [1.165, 1.54) is 16.4 Å². The van der Waals surface area contributed by atoms with Crippen LogP contribution in [-0.2, 0) is 27.9 Å². The van der Waals surface area contributed by atoms with Gasteiger partial charge >= 0.3 is 0 Å². The van der Waals surface area contributed by atoms with Gasteiger partial charge in [-0.2, -0.15) is 4.31 Å². The highest BCUT2D eigenvalue weighted by Crippen LogP contribution is 2.22. The van der Waals surface area contributed by atoms with Crippen molar-refractivity contribution in [1.29, 1.82) is 0 Å². The normalized spacial score (nSPS) is 15.6. The van der Waals surface area contributed by atoms with Gasteiger partial charge in [0, 0.05) is 19.6 Å². The van der Waals surface area contributed by atoms with Crippen molar-refractivity contribution in [1.82, 2.24) is 9.62 Å². The minimum Gasteiger partial charge on any atom is -0.438 e.